The number of rotatable bonds is 2. The Kier molecular flexibility index (Phi) is 2.65. The smallest absolute Gasteiger partial charge is 0.200 e. The van der Waals surface area contributed by atoms with Gasteiger partial charge in [-0.1, -0.05) is 5.16 Å². The number of hydrogen-bond donors (Lipinski definition) is 0. The van der Waals surface area contributed by atoms with E-state index >= 15 is 0 Å². The van der Waals surface area contributed by atoms with Crippen molar-refractivity contribution in [1.82, 2.24) is 0 Å². The number of hydrogen-bond acceptors (Lipinski definition) is 4. The molecule has 0 unspecified atom stereocenters. The Labute approximate surface area is 59.7 Å². The van der Waals surface area contributed by atoms with Gasteiger partial charge in [-0.3, -0.25) is 0 Å². The molecule has 58 valence electrons. The lowest BCUT2D eigenvalue weighted by Crippen LogP contribution is -2.18. The molecular weight excluding hydrogens is 134 g/mol. The zero-order valence-electron chi connectivity index (χ0n) is 6.16. The van der Waals surface area contributed by atoms with Crippen LogP contribution in [-0.2, 0) is 14.3 Å². The van der Waals surface area contributed by atoms with Crippen LogP contribution in [0.1, 0.15) is 6.92 Å². The zero-order chi connectivity index (χ0) is 7.40. The quantitative estimate of drug-likeness (QED) is 0.416. The molecule has 0 aromatic carbocycles. The van der Waals surface area contributed by atoms with Crippen LogP contribution in [0.3, 0.4) is 0 Å². The molecule has 0 aromatic rings. The largest absolute Gasteiger partial charge is 0.399 e. The summed E-state index contributed by atoms with van der Waals surface area (Å²) in [5, 5.41) is 3.67. The maximum Gasteiger partial charge on any atom is 0.200 e. The summed E-state index contributed by atoms with van der Waals surface area (Å²) in [6.07, 6.45) is -0.292. The molecule has 4 heteroatoms. The fourth-order valence-electron chi connectivity index (χ4n) is 0.787. The standard InChI is InChI=1S/C6H11NO3/c1-5(7-8-2)6-9-3-4-10-6/h6H,3-4H2,1-2H3/b7-5+. The minimum atomic E-state index is -0.292. The third-order valence-electron chi connectivity index (χ3n) is 1.20. The topological polar surface area (TPSA) is 40.0 Å². The van der Waals surface area contributed by atoms with Gasteiger partial charge in [-0.05, 0) is 6.92 Å². The van der Waals surface area contributed by atoms with E-state index in [1.54, 1.807) is 6.92 Å². The zero-order valence-corrected chi connectivity index (χ0v) is 6.16. The molecule has 0 radical (unpaired) electrons. The van der Waals surface area contributed by atoms with Gasteiger partial charge in [-0.2, -0.15) is 0 Å². The second kappa shape index (κ2) is 3.53. The number of nitrogens with zero attached hydrogens (tertiary/aromatic N) is 1. The van der Waals surface area contributed by atoms with Crippen LogP contribution in [0.25, 0.3) is 0 Å². The van der Waals surface area contributed by atoms with E-state index < -0.39 is 0 Å². The van der Waals surface area contributed by atoms with E-state index in [1.165, 1.54) is 7.11 Å². The van der Waals surface area contributed by atoms with E-state index in [-0.39, 0.29) is 6.29 Å². The first-order valence-electron chi connectivity index (χ1n) is 3.15. The summed E-state index contributed by atoms with van der Waals surface area (Å²) in [7, 11) is 1.50. The van der Waals surface area contributed by atoms with E-state index in [0.717, 1.165) is 5.71 Å². The van der Waals surface area contributed by atoms with E-state index in [0.29, 0.717) is 13.2 Å². The molecule has 10 heavy (non-hydrogen) atoms. The van der Waals surface area contributed by atoms with Gasteiger partial charge in [0.1, 0.15) is 12.8 Å². The average molecular weight is 145 g/mol. The molecule has 0 aliphatic carbocycles. The molecule has 1 aliphatic rings. The van der Waals surface area contributed by atoms with Crippen molar-refractivity contribution in [1.29, 1.82) is 0 Å². The Morgan fingerprint density at radius 1 is 1.50 bits per heavy atom. The van der Waals surface area contributed by atoms with E-state index in [2.05, 4.69) is 9.99 Å². The van der Waals surface area contributed by atoms with Crippen molar-refractivity contribution in [3.05, 3.63) is 0 Å². The normalized spacial score (nSPS) is 21.6. The first-order valence-corrected chi connectivity index (χ1v) is 3.15. The maximum absolute atomic E-state index is 5.13. The van der Waals surface area contributed by atoms with Crippen molar-refractivity contribution < 1.29 is 14.3 Å². The van der Waals surface area contributed by atoms with Crippen LogP contribution in [0.4, 0.5) is 0 Å². The molecule has 0 atom stereocenters. The lowest BCUT2D eigenvalue weighted by molar-refractivity contribution is 0.0111. The molecule has 0 amide bonds. The Bertz CT molecular complexity index is 129. The second-order valence-electron chi connectivity index (χ2n) is 1.99. The summed E-state index contributed by atoms with van der Waals surface area (Å²) < 4.78 is 10.3. The molecule has 4 nitrogen and oxygen atoms in total. The second-order valence-corrected chi connectivity index (χ2v) is 1.99. The summed E-state index contributed by atoms with van der Waals surface area (Å²) >= 11 is 0. The van der Waals surface area contributed by atoms with Gasteiger partial charge in [0.2, 0.25) is 0 Å². The summed E-state index contributed by atoms with van der Waals surface area (Å²) in [6.45, 7) is 3.09. The van der Waals surface area contributed by atoms with Crippen LogP contribution in [0.15, 0.2) is 5.16 Å². The highest BCUT2D eigenvalue weighted by Crippen LogP contribution is 2.05. The minimum Gasteiger partial charge on any atom is -0.399 e. The van der Waals surface area contributed by atoms with Gasteiger partial charge in [0.25, 0.3) is 0 Å². The van der Waals surface area contributed by atoms with Crippen molar-refractivity contribution in [3.63, 3.8) is 0 Å². The molecule has 1 aliphatic heterocycles. The summed E-state index contributed by atoms with van der Waals surface area (Å²) in [5.41, 5.74) is 0.722. The Morgan fingerprint density at radius 2 is 2.10 bits per heavy atom. The SMILES string of the molecule is CO/N=C(\C)C1OCCO1. The van der Waals surface area contributed by atoms with Crippen LogP contribution in [0.2, 0.25) is 0 Å². The van der Waals surface area contributed by atoms with Gasteiger partial charge in [0.15, 0.2) is 6.29 Å². The van der Waals surface area contributed by atoms with E-state index in [9.17, 15) is 0 Å². The predicted molar refractivity (Wildman–Crippen MR) is 35.8 cm³/mol. The Hall–Kier alpha value is -0.610. The van der Waals surface area contributed by atoms with Crippen molar-refractivity contribution >= 4 is 5.71 Å². The minimum absolute atomic E-state index is 0.292. The van der Waals surface area contributed by atoms with E-state index in [4.69, 9.17) is 9.47 Å². The third kappa shape index (κ3) is 1.68. The highest BCUT2D eigenvalue weighted by molar-refractivity contribution is 5.84. The first-order chi connectivity index (χ1) is 4.84. The van der Waals surface area contributed by atoms with Crippen LogP contribution >= 0.6 is 0 Å². The summed E-state index contributed by atoms with van der Waals surface area (Å²) in [4.78, 5) is 4.54. The van der Waals surface area contributed by atoms with Crippen molar-refractivity contribution in [2.75, 3.05) is 20.3 Å². The Balaban J connectivity index is 2.39. The van der Waals surface area contributed by atoms with Gasteiger partial charge in [-0.25, -0.2) is 0 Å². The lowest BCUT2D eigenvalue weighted by Gasteiger charge is -2.05. The molecule has 0 N–H and O–H groups in total. The Morgan fingerprint density at radius 3 is 2.60 bits per heavy atom. The molecule has 0 bridgehead atoms. The maximum atomic E-state index is 5.13. The van der Waals surface area contributed by atoms with Crippen LogP contribution in [-0.4, -0.2) is 32.3 Å². The summed E-state index contributed by atoms with van der Waals surface area (Å²) in [5.74, 6) is 0. The monoisotopic (exact) mass is 145 g/mol. The van der Waals surface area contributed by atoms with Crippen molar-refractivity contribution in [2.24, 2.45) is 5.16 Å². The van der Waals surface area contributed by atoms with Gasteiger partial charge < -0.3 is 14.3 Å². The van der Waals surface area contributed by atoms with Gasteiger partial charge in [0.05, 0.1) is 13.2 Å². The molecule has 1 rings (SSSR count). The fourth-order valence-corrected chi connectivity index (χ4v) is 0.787. The fraction of sp³-hybridized carbons (Fsp3) is 0.833. The molecule has 0 saturated carbocycles. The molecule has 0 spiro atoms. The van der Waals surface area contributed by atoms with Crippen molar-refractivity contribution in [3.8, 4) is 0 Å². The van der Waals surface area contributed by atoms with Gasteiger partial charge in [0, 0.05) is 0 Å². The highest BCUT2D eigenvalue weighted by Gasteiger charge is 2.19. The summed E-state index contributed by atoms with van der Waals surface area (Å²) in [6, 6.07) is 0. The third-order valence-corrected chi connectivity index (χ3v) is 1.20. The molecule has 0 aromatic heterocycles. The number of ether oxygens (including phenoxy) is 2. The average Bonchev–Trinajstić information content (AvgIpc) is 2.38. The molecule has 1 fully saturated rings. The number of oxime groups is 1. The predicted octanol–water partition coefficient (Wildman–Crippen LogP) is 0.382. The van der Waals surface area contributed by atoms with Crippen LogP contribution < -0.4 is 0 Å². The molecule has 1 saturated heterocycles. The van der Waals surface area contributed by atoms with Gasteiger partial charge in [-0.15, -0.1) is 0 Å². The first kappa shape index (κ1) is 7.50. The van der Waals surface area contributed by atoms with Crippen LogP contribution in [0.5, 0.6) is 0 Å². The van der Waals surface area contributed by atoms with Crippen molar-refractivity contribution in [2.45, 2.75) is 13.2 Å². The molecule has 1 heterocycles. The van der Waals surface area contributed by atoms with E-state index in [1.807, 2.05) is 0 Å². The lowest BCUT2D eigenvalue weighted by atomic mass is 10.4. The van der Waals surface area contributed by atoms with Crippen LogP contribution in [0, 0.1) is 0 Å². The highest BCUT2D eigenvalue weighted by atomic mass is 16.7. The van der Waals surface area contributed by atoms with Gasteiger partial charge >= 0.3 is 0 Å². The molecular formula is C6H11NO3.